The first-order valence-corrected chi connectivity index (χ1v) is 7.17. The smallest absolute Gasteiger partial charge is 0.263 e. The number of nitrogens with zero attached hydrogens (tertiary/aromatic N) is 1. The van der Waals surface area contributed by atoms with Crippen LogP contribution in [0, 0.1) is 0 Å². The quantitative estimate of drug-likeness (QED) is 0.887. The van der Waals surface area contributed by atoms with Crippen molar-refractivity contribution in [2.24, 2.45) is 0 Å². The molecule has 20 heavy (non-hydrogen) atoms. The summed E-state index contributed by atoms with van der Waals surface area (Å²) in [7, 11) is 0. The fourth-order valence-electron chi connectivity index (χ4n) is 1.65. The van der Waals surface area contributed by atoms with Crippen molar-refractivity contribution in [2.45, 2.75) is 26.5 Å². The average Bonchev–Trinajstić information content (AvgIpc) is 2.83. The van der Waals surface area contributed by atoms with Crippen LogP contribution >= 0.6 is 11.3 Å². The van der Waals surface area contributed by atoms with Crippen molar-refractivity contribution in [3.8, 4) is 5.88 Å². The Labute approximate surface area is 121 Å². The molecule has 3 N–H and O–H groups in total. The molecule has 0 aliphatic carbocycles. The van der Waals surface area contributed by atoms with Gasteiger partial charge in [-0.2, -0.15) is 0 Å². The molecule has 0 atom stereocenters. The van der Waals surface area contributed by atoms with E-state index in [4.69, 9.17) is 10.5 Å². The highest BCUT2D eigenvalue weighted by Crippen LogP contribution is 2.19. The third kappa shape index (κ3) is 3.48. The lowest BCUT2D eigenvalue weighted by Gasteiger charge is -2.13. The SMILES string of the molecule is CC(C)Oc1ncccc1CNC(=O)c1sccc1N. The second kappa shape index (κ2) is 6.38. The lowest BCUT2D eigenvalue weighted by molar-refractivity contribution is 0.0955. The van der Waals surface area contributed by atoms with Crippen molar-refractivity contribution in [1.29, 1.82) is 0 Å². The maximum Gasteiger partial charge on any atom is 0.263 e. The fraction of sp³-hybridized carbons (Fsp3) is 0.286. The Hall–Kier alpha value is -2.08. The highest BCUT2D eigenvalue weighted by atomic mass is 32.1. The molecule has 0 aromatic carbocycles. The molecule has 2 rings (SSSR count). The molecular formula is C14H17N3O2S. The van der Waals surface area contributed by atoms with Crippen LogP contribution in [0.3, 0.4) is 0 Å². The number of anilines is 1. The number of pyridine rings is 1. The normalized spacial score (nSPS) is 10.6. The second-order valence-corrected chi connectivity index (χ2v) is 5.44. The van der Waals surface area contributed by atoms with Gasteiger partial charge in [0.25, 0.3) is 5.91 Å². The molecule has 2 aromatic heterocycles. The molecular weight excluding hydrogens is 274 g/mol. The molecule has 0 fully saturated rings. The van der Waals surface area contributed by atoms with E-state index in [2.05, 4.69) is 10.3 Å². The number of carbonyl (C=O) groups is 1. The molecule has 0 unspecified atom stereocenters. The third-order valence-electron chi connectivity index (χ3n) is 2.54. The summed E-state index contributed by atoms with van der Waals surface area (Å²) in [4.78, 5) is 16.7. The van der Waals surface area contributed by atoms with E-state index in [0.29, 0.717) is 23.0 Å². The number of nitrogens with two attached hydrogens (primary N) is 1. The molecule has 0 bridgehead atoms. The molecule has 6 heteroatoms. The van der Waals surface area contributed by atoms with Gasteiger partial charge in [-0.1, -0.05) is 6.07 Å². The monoisotopic (exact) mass is 291 g/mol. The van der Waals surface area contributed by atoms with E-state index in [1.807, 2.05) is 26.0 Å². The van der Waals surface area contributed by atoms with Gasteiger partial charge in [-0.15, -0.1) is 11.3 Å². The lowest BCUT2D eigenvalue weighted by Crippen LogP contribution is -2.23. The van der Waals surface area contributed by atoms with E-state index in [0.717, 1.165) is 5.56 Å². The van der Waals surface area contributed by atoms with E-state index in [-0.39, 0.29) is 12.0 Å². The molecule has 106 valence electrons. The van der Waals surface area contributed by atoms with Crippen LogP contribution in [0.5, 0.6) is 5.88 Å². The zero-order chi connectivity index (χ0) is 14.5. The van der Waals surface area contributed by atoms with Crippen molar-refractivity contribution in [1.82, 2.24) is 10.3 Å². The number of nitrogen functional groups attached to an aromatic ring is 1. The van der Waals surface area contributed by atoms with E-state index in [1.54, 1.807) is 17.6 Å². The van der Waals surface area contributed by atoms with Crippen LogP contribution in [-0.4, -0.2) is 17.0 Å². The van der Waals surface area contributed by atoms with Gasteiger partial charge in [0.1, 0.15) is 4.88 Å². The van der Waals surface area contributed by atoms with Gasteiger partial charge in [-0.3, -0.25) is 4.79 Å². The van der Waals surface area contributed by atoms with Crippen molar-refractivity contribution in [3.63, 3.8) is 0 Å². The highest BCUT2D eigenvalue weighted by molar-refractivity contribution is 7.12. The number of hydrogen-bond acceptors (Lipinski definition) is 5. The first-order chi connectivity index (χ1) is 9.58. The Morgan fingerprint density at radius 1 is 1.50 bits per heavy atom. The van der Waals surface area contributed by atoms with E-state index >= 15 is 0 Å². The highest BCUT2D eigenvalue weighted by Gasteiger charge is 2.12. The van der Waals surface area contributed by atoms with Crippen LogP contribution in [0.2, 0.25) is 0 Å². The summed E-state index contributed by atoms with van der Waals surface area (Å²) >= 11 is 1.32. The fourth-order valence-corrected chi connectivity index (χ4v) is 2.38. The molecule has 0 aliphatic heterocycles. The maximum absolute atomic E-state index is 12.0. The summed E-state index contributed by atoms with van der Waals surface area (Å²) in [5.74, 6) is 0.360. The third-order valence-corrected chi connectivity index (χ3v) is 3.47. The van der Waals surface area contributed by atoms with E-state index in [1.165, 1.54) is 11.3 Å². The molecule has 0 saturated carbocycles. The predicted molar refractivity (Wildman–Crippen MR) is 79.9 cm³/mol. The van der Waals surface area contributed by atoms with Gasteiger partial charge in [0.05, 0.1) is 11.8 Å². The van der Waals surface area contributed by atoms with Crippen LogP contribution < -0.4 is 15.8 Å². The number of aromatic nitrogens is 1. The number of thiophene rings is 1. The first kappa shape index (κ1) is 14.3. The van der Waals surface area contributed by atoms with Gasteiger partial charge in [-0.05, 0) is 31.4 Å². The molecule has 0 spiro atoms. The molecule has 2 aromatic rings. The van der Waals surface area contributed by atoms with Crippen molar-refractivity contribution >= 4 is 22.9 Å². The summed E-state index contributed by atoms with van der Waals surface area (Å²) in [6, 6.07) is 5.41. The Morgan fingerprint density at radius 2 is 2.30 bits per heavy atom. The zero-order valence-corrected chi connectivity index (χ0v) is 12.2. The summed E-state index contributed by atoms with van der Waals surface area (Å²) in [5.41, 5.74) is 7.05. The second-order valence-electron chi connectivity index (χ2n) is 4.52. The van der Waals surface area contributed by atoms with E-state index < -0.39 is 0 Å². The number of amides is 1. The van der Waals surface area contributed by atoms with Crippen LogP contribution in [-0.2, 0) is 6.54 Å². The minimum atomic E-state index is -0.183. The molecule has 0 saturated heterocycles. The number of hydrogen-bond donors (Lipinski definition) is 2. The van der Waals surface area contributed by atoms with Crippen LogP contribution in [0.4, 0.5) is 5.69 Å². The molecule has 0 radical (unpaired) electrons. The summed E-state index contributed by atoms with van der Waals surface area (Å²) < 4.78 is 5.61. The van der Waals surface area contributed by atoms with E-state index in [9.17, 15) is 4.79 Å². The number of rotatable bonds is 5. The van der Waals surface area contributed by atoms with Gasteiger partial charge in [0, 0.05) is 18.3 Å². The van der Waals surface area contributed by atoms with Gasteiger partial charge in [0.2, 0.25) is 5.88 Å². The van der Waals surface area contributed by atoms with Gasteiger partial charge in [-0.25, -0.2) is 4.98 Å². The Bertz CT molecular complexity index is 596. The van der Waals surface area contributed by atoms with Gasteiger partial charge >= 0.3 is 0 Å². The standard InChI is InChI=1S/C14H17N3O2S/c1-9(2)19-14-10(4-3-6-16-14)8-17-13(18)12-11(15)5-7-20-12/h3-7,9H,8,15H2,1-2H3,(H,17,18). The Balaban J connectivity index is 2.04. The Kier molecular flexibility index (Phi) is 4.57. The lowest BCUT2D eigenvalue weighted by atomic mass is 10.2. The first-order valence-electron chi connectivity index (χ1n) is 6.29. The van der Waals surface area contributed by atoms with Gasteiger partial charge in [0.15, 0.2) is 0 Å². The minimum Gasteiger partial charge on any atom is -0.475 e. The zero-order valence-electron chi connectivity index (χ0n) is 11.4. The maximum atomic E-state index is 12.0. The van der Waals surface area contributed by atoms with Gasteiger partial charge < -0.3 is 15.8 Å². The van der Waals surface area contributed by atoms with Crippen LogP contribution in [0.25, 0.3) is 0 Å². The molecule has 2 heterocycles. The topological polar surface area (TPSA) is 77.2 Å². The number of ether oxygens (including phenoxy) is 1. The average molecular weight is 291 g/mol. The molecule has 5 nitrogen and oxygen atoms in total. The van der Waals surface area contributed by atoms with Crippen LogP contribution in [0.15, 0.2) is 29.8 Å². The summed E-state index contributed by atoms with van der Waals surface area (Å²) in [6.07, 6.45) is 1.70. The summed E-state index contributed by atoms with van der Waals surface area (Å²) in [6.45, 7) is 4.22. The number of carbonyl (C=O) groups excluding carboxylic acids is 1. The van der Waals surface area contributed by atoms with Crippen LogP contribution in [0.1, 0.15) is 29.1 Å². The minimum absolute atomic E-state index is 0.0345. The van der Waals surface area contributed by atoms with Crippen molar-refractivity contribution < 1.29 is 9.53 Å². The Morgan fingerprint density at radius 3 is 2.95 bits per heavy atom. The predicted octanol–water partition coefficient (Wildman–Crippen LogP) is 2.44. The molecule has 0 aliphatic rings. The summed E-state index contributed by atoms with van der Waals surface area (Å²) in [5, 5.41) is 4.62. The largest absolute Gasteiger partial charge is 0.475 e. The van der Waals surface area contributed by atoms with Crippen molar-refractivity contribution in [2.75, 3.05) is 5.73 Å². The number of nitrogens with one attached hydrogen (secondary N) is 1. The van der Waals surface area contributed by atoms with Crippen molar-refractivity contribution in [3.05, 3.63) is 40.2 Å². The molecule has 1 amide bonds.